The predicted molar refractivity (Wildman–Crippen MR) is 90.0 cm³/mol. The third-order valence-electron chi connectivity index (χ3n) is 3.49. The van der Waals surface area contributed by atoms with Crippen molar-refractivity contribution in [2.24, 2.45) is 0 Å². The third-order valence-corrected chi connectivity index (χ3v) is 3.49. The van der Waals surface area contributed by atoms with Crippen molar-refractivity contribution in [2.45, 2.75) is 46.0 Å². The van der Waals surface area contributed by atoms with Crippen LogP contribution in [0.4, 0.5) is 11.4 Å². The second kappa shape index (κ2) is 6.82. The minimum atomic E-state index is -0.522. The third kappa shape index (κ3) is 4.18. The molecule has 0 saturated carbocycles. The van der Waals surface area contributed by atoms with E-state index in [4.69, 9.17) is 4.42 Å². The fraction of sp³-hybridized carbons (Fsp3) is 0.412. The number of anilines is 1. The van der Waals surface area contributed by atoms with E-state index in [9.17, 15) is 14.9 Å². The first-order chi connectivity index (χ1) is 11.2. The summed E-state index contributed by atoms with van der Waals surface area (Å²) in [6.07, 6.45) is 0.549. The molecule has 1 aromatic heterocycles. The lowest BCUT2D eigenvalue weighted by Crippen LogP contribution is -2.13. The molecular weight excluding hydrogens is 310 g/mol. The Bertz CT molecular complexity index is 759. The van der Waals surface area contributed by atoms with Crippen LogP contribution in [0.5, 0.6) is 0 Å². The Morgan fingerprint density at radius 3 is 2.58 bits per heavy atom. The Labute approximate surface area is 140 Å². The zero-order valence-electron chi connectivity index (χ0n) is 14.3. The summed E-state index contributed by atoms with van der Waals surface area (Å²) >= 11 is 0. The maximum atomic E-state index is 12.1. The topological polar surface area (TPSA) is 98.3 Å². The van der Waals surface area contributed by atoms with Crippen molar-refractivity contribution >= 4 is 17.3 Å². The lowest BCUT2D eigenvalue weighted by Gasteiger charge is -2.12. The Balaban J connectivity index is 2.02. The zero-order valence-corrected chi connectivity index (χ0v) is 14.3. The molecule has 128 valence electrons. The molecule has 0 aliphatic heterocycles. The molecule has 0 bridgehead atoms. The van der Waals surface area contributed by atoms with E-state index in [2.05, 4.69) is 10.3 Å². The van der Waals surface area contributed by atoms with Crippen LogP contribution in [0.3, 0.4) is 0 Å². The van der Waals surface area contributed by atoms with Crippen LogP contribution in [0.2, 0.25) is 0 Å². The Morgan fingerprint density at radius 1 is 1.33 bits per heavy atom. The molecule has 2 rings (SSSR count). The number of oxazole rings is 1. The molecule has 0 atom stereocenters. The Hall–Kier alpha value is -2.70. The lowest BCUT2D eigenvalue weighted by molar-refractivity contribution is -0.383. The molecule has 7 nitrogen and oxygen atoms in total. The molecule has 7 heteroatoms. The highest BCUT2D eigenvalue weighted by atomic mass is 16.6. The number of hydrogen-bond acceptors (Lipinski definition) is 5. The first kappa shape index (κ1) is 17.7. The summed E-state index contributed by atoms with van der Waals surface area (Å²) in [5, 5.41) is 13.5. The van der Waals surface area contributed by atoms with Gasteiger partial charge < -0.3 is 9.73 Å². The summed E-state index contributed by atoms with van der Waals surface area (Å²) in [7, 11) is 0. The maximum absolute atomic E-state index is 12.1. The number of nitro groups is 1. The highest BCUT2D eigenvalue weighted by Crippen LogP contribution is 2.25. The van der Waals surface area contributed by atoms with Crippen LogP contribution in [0.25, 0.3) is 0 Å². The molecule has 0 aliphatic carbocycles. The first-order valence-electron chi connectivity index (χ1n) is 7.68. The van der Waals surface area contributed by atoms with E-state index in [0.29, 0.717) is 18.1 Å². The lowest BCUT2D eigenvalue weighted by atomic mass is 9.97. The molecule has 0 unspecified atom stereocenters. The number of rotatable bonds is 5. The molecule has 0 fully saturated rings. The fourth-order valence-corrected chi connectivity index (χ4v) is 2.16. The normalized spacial score (nSPS) is 11.3. The van der Waals surface area contributed by atoms with Crippen molar-refractivity contribution in [3.63, 3.8) is 0 Å². The second-order valence-electron chi connectivity index (χ2n) is 6.60. The van der Waals surface area contributed by atoms with Gasteiger partial charge in [-0.05, 0) is 13.0 Å². The van der Waals surface area contributed by atoms with Crippen molar-refractivity contribution in [2.75, 3.05) is 5.32 Å². The van der Waals surface area contributed by atoms with Crippen LogP contribution >= 0.6 is 0 Å². The Kier molecular flexibility index (Phi) is 5.02. The van der Waals surface area contributed by atoms with Crippen molar-refractivity contribution in [1.82, 2.24) is 4.98 Å². The van der Waals surface area contributed by atoms with Gasteiger partial charge in [0.15, 0.2) is 5.89 Å². The summed E-state index contributed by atoms with van der Waals surface area (Å²) in [5.74, 6) is 0.990. The van der Waals surface area contributed by atoms with Crippen molar-refractivity contribution < 1.29 is 14.1 Å². The summed E-state index contributed by atoms with van der Waals surface area (Å²) in [5.41, 5.74) is 0.628. The number of amides is 1. The van der Waals surface area contributed by atoms with Gasteiger partial charge in [-0.25, -0.2) is 4.98 Å². The number of nitrogens with one attached hydrogen (secondary N) is 1. The highest BCUT2D eigenvalue weighted by Gasteiger charge is 2.22. The van der Waals surface area contributed by atoms with Gasteiger partial charge in [0.05, 0.1) is 10.6 Å². The molecule has 0 saturated heterocycles. The van der Waals surface area contributed by atoms with Crippen LogP contribution in [0.15, 0.2) is 28.7 Å². The standard InChI is InChI=1S/C17H21N3O4/c1-11-14(24-16(18-11)17(2,3)4)9-10-15(21)19-12-7-5-6-8-13(12)20(22)23/h5-8H,9-10H2,1-4H3,(H,19,21). The molecule has 1 amide bonds. The van der Waals surface area contributed by atoms with Gasteiger partial charge in [-0.15, -0.1) is 0 Å². The molecule has 0 aliphatic rings. The summed E-state index contributed by atoms with van der Waals surface area (Å²) in [6, 6.07) is 6.05. The van der Waals surface area contributed by atoms with Crippen molar-refractivity contribution in [3.05, 3.63) is 51.7 Å². The number of nitro benzene ring substituents is 1. The van der Waals surface area contributed by atoms with E-state index < -0.39 is 4.92 Å². The molecular formula is C17H21N3O4. The molecule has 1 aromatic carbocycles. The number of hydrogen-bond donors (Lipinski definition) is 1. The van der Waals surface area contributed by atoms with E-state index in [1.807, 2.05) is 27.7 Å². The summed E-state index contributed by atoms with van der Waals surface area (Å²) in [4.78, 5) is 26.9. The number of aryl methyl sites for hydroxylation is 2. The molecule has 0 spiro atoms. The van der Waals surface area contributed by atoms with E-state index in [-0.39, 0.29) is 29.1 Å². The minimum Gasteiger partial charge on any atom is -0.445 e. The molecule has 1 N–H and O–H groups in total. The number of carbonyl (C=O) groups is 1. The number of aromatic nitrogens is 1. The van der Waals surface area contributed by atoms with Gasteiger partial charge in [-0.2, -0.15) is 0 Å². The van der Waals surface area contributed by atoms with Gasteiger partial charge in [0, 0.05) is 24.3 Å². The molecule has 0 radical (unpaired) electrons. The van der Waals surface area contributed by atoms with Crippen LogP contribution in [0, 0.1) is 17.0 Å². The van der Waals surface area contributed by atoms with Gasteiger partial charge in [-0.3, -0.25) is 14.9 Å². The highest BCUT2D eigenvalue weighted by molar-refractivity contribution is 5.93. The van der Waals surface area contributed by atoms with Crippen LogP contribution in [-0.4, -0.2) is 15.8 Å². The van der Waals surface area contributed by atoms with Crippen LogP contribution < -0.4 is 5.32 Å². The second-order valence-corrected chi connectivity index (χ2v) is 6.60. The molecule has 24 heavy (non-hydrogen) atoms. The SMILES string of the molecule is Cc1nc(C(C)(C)C)oc1CCC(=O)Nc1ccccc1[N+](=O)[O-]. The number of nitrogens with zero attached hydrogens (tertiary/aromatic N) is 2. The van der Waals surface area contributed by atoms with Gasteiger partial charge in [0.2, 0.25) is 5.91 Å². The number of para-hydroxylation sites is 2. The number of benzene rings is 1. The van der Waals surface area contributed by atoms with Crippen LogP contribution in [-0.2, 0) is 16.6 Å². The van der Waals surface area contributed by atoms with Gasteiger partial charge in [0.25, 0.3) is 5.69 Å². The largest absolute Gasteiger partial charge is 0.445 e. The monoisotopic (exact) mass is 331 g/mol. The van der Waals surface area contributed by atoms with Crippen molar-refractivity contribution in [1.29, 1.82) is 0 Å². The van der Waals surface area contributed by atoms with Gasteiger partial charge in [-0.1, -0.05) is 32.9 Å². The van der Waals surface area contributed by atoms with E-state index >= 15 is 0 Å². The van der Waals surface area contributed by atoms with Gasteiger partial charge >= 0.3 is 0 Å². The summed E-state index contributed by atoms with van der Waals surface area (Å²) < 4.78 is 5.74. The fourth-order valence-electron chi connectivity index (χ4n) is 2.16. The van der Waals surface area contributed by atoms with E-state index in [1.54, 1.807) is 12.1 Å². The molecule has 1 heterocycles. The van der Waals surface area contributed by atoms with E-state index in [1.165, 1.54) is 12.1 Å². The smallest absolute Gasteiger partial charge is 0.292 e. The average molecular weight is 331 g/mol. The van der Waals surface area contributed by atoms with Crippen LogP contribution in [0.1, 0.15) is 44.5 Å². The summed E-state index contributed by atoms with van der Waals surface area (Å²) in [6.45, 7) is 7.85. The predicted octanol–water partition coefficient (Wildman–Crippen LogP) is 3.76. The molecule has 2 aromatic rings. The van der Waals surface area contributed by atoms with E-state index in [0.717, 1.165) is 5.69 Å². The van der Waals surface area contributed by atoms with Gasteiger partial charge in [0.1, 0.15) is 11.4 Å². The minimum absolute atomic E-state index is 0.128. The number of carbonyl (C=O) groups excluding carboxylic acids is 1. The quantitative estimate of drug-likeness (QED) is 0.664. The first-order valence-corrected chi connectivity index (χ1v) is 7.68. The van der Waals surface area contributed by atoms with Crippen molar-refractivity contribution in [3.8, 4) is 0 Å². The maximum Gasteiger partial charge on any atom is 0.292 e. The zero-order chi connectivity index (χ0) is 17.9. The average Bonchev–Trinajstić information content (AvgIpc) is 2.87. The Morgan fingerprint density at radius 2 is 2.00 bits per heavy atom.